The summed E-state index contributed by atoms with van der Waals surface area (Å²) in [4.78, 5) is 11.1. The summed E-state index contributed by atoms with van der Waals surface area (Å²) >= 11 is 0. The highest BCUT2D eigenvalue weighted by molar-refractivity contribution is 5.87. The van der Waals surface area contributed by atoms with E-state index >= 15 is 0 Å². The summed E-state index contributed by atoms with van der Waals surface area (Å²) in [5.74, 6) is -1.11. The van der Waals surface area contributed by atoms with Crippen molar-refractivity contribution in [2.45, 2.75) is 137 Å². The Labute approximate surface area is 302 Å². The fourth-order valence-corrected chi connectivity index (χ4v) is 6.89. The van der Waals surface area contributed by atoms with E-state index in [1.165, 1.54) is 37.3 Å². The molecule has 20 heteroatoms. The average Bonchev–Trinajstić information content (AvgIpc) is 3.14. The van der Waals surface area contributed by atoms with Gasteiger partial charge in [0, 0.05) is 0 Å². The van der Waals surface area contributed by atoms with Crippen LogP contribution < -0.4 is 10.1 Å². The summed E-state index contributed by atoms with van der Waals surface area (Å²) in [6.07, 6.45) is -25.3. The molecule has 0 radical (unpaired) electrons. The Balaban J connectivity index is 1.21. The van der Waals surface area contributed by atoms with Crippen molar-refractivity contribution in [2.75, 3.05) is 13.2 Å². The van der Waals surface area contributed by atoms with Gasteiger partial charge in [0.25, 0.3) is 0 Å². The lowest BCUT2D eigenvalue weighted by molar-refractivity contribution is -0.372. The third-order valence-corrected chi connectivity index (χ3v) is 10.0. The Kier molecular flexibility index (Phi) is 13.8. The summed E-state index contributed by atoms with van der Waals surface area (Å²) in [6, 6.07) is 3.09. The minimum atomic E-state index is -1.96. The number of carbonyl (C=O) groups is 1. The van der Waals surface area contributed by atoms with Crippen LogP contribution in [0.5, 0.6) is 5.75 Å². The molecular formula is C33H49NO19. The van der Waals surface area contributed by atoms with Gasteiger partial charge in [0.15, 0.2) is 12.6 Å². The highest BCUT2D eigenvalue weighted by Crippen LogP contribution is 2.33. The number of carboxylic acid groups (broad SMARTS) is 1. The first kappa shape index (κ1) is 41.7. The molecule has 53 heavy (non-hydrogen) atoms. The molecule has 0 aromatic heterocycles. The summed E-state index contributed by atoms with van der Waals surface area (Å²) < 4.78 is 34.0. The Morgan fingerprint density at radius 3 is 1.74 bits per heavy atom. The molecule has 20 nitrogen and oxygen atoms in total. The van der Waals surface area contributed by atoms with E-state index in [4.69, 9.17) is 33.5 Å². The van der Waals surface area contributed by atoms with Crippen molar-refractivity contribution >= 4 is 5.97 Å². The van der Waals surface area contributed by atoms with Gasteiger partial charge >= 0.3 is 5.97 Å². The van der Waals surface area contributed by atoms with Gasteiger partial charge in [-0.2, -0.15) is 0 Å². The van der Waals surface area contributed by atoms with Gasteiger partial charge in [-0.15, -0.1) is 0 Å². The molecule has 5 rings (SSSR count). The number of aliphatic hydroxyl groups excluding tert-OH is 11. The van der Waals surface area contributed by atoms with Gasteiger partial charge in [-0.05, 0) is 43.2 Å². The minimum absolute atomic E-state index is 0.0357. The number of nitrogens with one attached hydrogen (secondary N) is 1. The number of hydrogen-bond acceptors (Lipinski definition) is 19. The largest absolute Gasteiger partial charge is 0.478 e. The van der Waals surface area contributed by atoms with E-state index in [0.717, 1.165) is 0 Å². The van der Waals surface area contributed by atoms with E-state index in [-0.39, 0.29) is 11.3 Å². The van der Waals surface area contributed by atoms with E-state index in [1.807, 2.05) is 0 Å². The molecule has 1 aliphatic carbocycles. The SMILES string of the molecule is CCC1=CC(NC2C(C)OC(OC3C(CO)OC(OC4C(CO)OC(Oc5ccc(C(=O)O)cc5)C(O)C4O)C(O)C3O)C(O)C2O)C(O)C(O)C1O. The predicted molar refractivity (Wildman–Crippen MR) is 173 cm³/mol. The molecule has 3 aliphatic heterocycles. The van der Waals surface area contributed by atoms with Crippen LogP contribution in [0.4, 0.5) is 0 Å². The van der Waals surface area contributed by atoms with Gasteiger partial charge < -0.3 is 95.0 Å². The standard InChI is InChI=1S/C33H49NO19/c1-3-12-8-15(20(38)22(40)19(12)37)34-18-11(2)48-31(25(43)21(18)39)52-28-17(10-36)51-33(27(45)24(28)42)53-29-16(9-35)50-32(26(44)23(29)41)49-14-6-4-13(5-7-14)30(46)47/h4-8,11,15-29,31-45H,3,9-10H2,1-2H3,(H,46,47). The summed E-state index contributed by atoms with van der Waals surface area (Å²) in [5, 5.41) is 129. The number of hydrogen-bond donors (Lipinski definition) is 13. The molecule has 3 saturated heterocycles. The van der Waals surface area contributed by atoms with Gasteiger partial charge in [0.05, 0.1) is 37.0 Å². The topological polar surface area (TPSA) is 327 Å². The molecule has 3 fully saturated rings. The molecule has 0 saturated carbocycles. The molecule has 19 atom stereocenters. The van der Waals surface area contributed by atoms with E-state index in [9.17, 15) is 61.0 Å². The summed E-state index contributed by atoms with van der Waals surface area (Å²) in [7, 11) is 0. The van der Waals surface area contributed by atoms with E-state index in [1.54, 1.807) is 6.92 Å². The monoisotopic (exact) mass is 763 g/mol. The van der Waals surface area contributed by atoms with Crippen LogP contribution in [0.25, 0.3) is 0 Å². The number of aromatic carboxylic acids is 1. The van der Waals surface area contributed by atoms with Crippen molar-refractivity contribution in [3.05, 3.63) is 41.5 Å². The number of carboxylic acids is 1. The molecule has 1 aromatic carbocycles. The Morgan fingerprint density at radius 1 is 0.698 bits per heavy atom. The fourth-order valence-electron chi connectivity index (χ4n) is 6.89. The molecule has 13 N–H and O–H groups in total. The Bertz CT molecular complexity index is 1380. The second kappa shape index (κ2) is 17.6. The molecular weight excluding hydrogens is 714 g/mol. The third-order valence-electron chi connectivity index (χ3n) is 10.0. The fraction of sp³-hybridized carbons (Fsp3) is 0.727. The number of aliphatic hydroxyl groups is 11. The molecule has 0 spiro atoms. The highest BCUT2D eigenvalue weighted by Gasteiger charge is 2.54. The van der Waals surface area contributed by atoms with E-state index in [2.05, 4.69) is 5.32 Å². The zero-order valence-electron chi connectivity index (χ0n) is 28.7. The molecule has 4 aliphatic rings. The van der Waals surface area contributed by atoms with E-state index in [0.29, 0.717) is 12.0 Å². The Hall–Kier alpha value is -2.45. The van der Waals surface area contributed by atoms with Crippen molar-refractivity contribution in [1.29, 1.82) is 0 Å². The smallest absolute Gasteiger partial charge is 0.335 e. The maximum atomic E-state index is 11.1. The molecule has 300 valence electrons. The number of ether oxygens (including phenoxy) is 6. The van der Waals surface area contributed by atoms with Crippen LogP contribution >= 0.6 is 0 Å². The van der Waals surface area contributed by atoms with Gasteiger partial charge in [0.1, 0.15) is 85.1 Å². The summed E-state index contributed by atoms with van der Waals surface area (Å²) in [6.45, 7) is 1.63. The maximum absolute atomic E-state index is 11.1. The lowest BCUT2D eigenvalue weighted by Crippen LogP contribution is -2.68. The summed E-state index contributed by atoms with van der Waals surface area (Å²) in [5.41, 5.74) is 0.420. The quantitative estimate of drug-likeness (QED) is 0.0884. The van der Waals surface area contributed by atoms with Crippen molar-refractivity contribution < 1.29 is 94.5 Å². The second-order valence-electron chi connectivity index (χ2n) is 13.5. The van der Waals surface area contributed by atoms with Gasteiger partial charge in [-0.25, -0.2) is 4.79 Å². The lowest BCUT2D eigenvalue weighted by atomic mass is 9.85. The Morgan fingerprint density at radius 2 is 1.21 bits per heavy atom. The first-order valence-electron chi connectivity index (χ1n) is 17.2. The van der Waals surface area contributed by atoms with Crippen LogP contribution in [0.3, 0.4) is 0 Å². The zero-order valence-corrected chi connectivity index (χ0v) is 28.7. The first-order valence-corrected chi connectivity index (χ1v) is 17.2. The number of benzene rings is 1. The molecule has 0 bridgehead atoms. The molecule has 0 amide bonds. The average molecular weight is 764 g/mol. The first-order chi connectivity index (χ1) is 25.1. The van der Waals surface area contributed by atoms with Crippen molar-refractivity contribution in [3.8, 4) is 5.75 Å². The zero-order chi connectivity index (χ0) is 38.9. The van der Waals surface area contributed by atoms with Crippen LogP contribution in [-0.2, 0) is 23.7 Å². The number of rotatable bonds is 12. The van der Waals surface area contributed by atoms with Crippen molar-refractivity contribution in [2.24, 2.45) is 0 Å². The van der Waals surface area contributed by atoms with Gasteiger partial charge in [0.2, 0.25) is 6.29 Å². The van der Waals surface area contributed by atoms with Gasteiger partial charge in [-0.1, -0.05) is 13.0 Å². The second-order valence-corrected chi connectivity index (χ2v) is 13.5. The minimum Gasteiger partial charge on any atom is -0.478 e. The van der Waals surface area contributed by atoms with Crippen molar-refractivity contribution in [3.63, 3.8) is 0 Å². The highest BCUT2D eigenvalue weighted by atomic mass is 16.8. The third kappa shape index (κ3) is 8.69. The normalized spacial score (nSPS) is 45.0. The van der Waals surface area contributed by atoms with Crippen LogP contribution in [0.1, 0.15) is 30.6 Å². The van der Waals surface area contributed by atoms with Crippen LogP contribution in [0.15, 0.2) is 35.9 Å². The van der Waals surface area contributed by atoms with Crippen LogP contribution in [0, 0.1) is 0 Å². The lowest BCUT2D eigenvalue weighted by Gasteiger charge is -2.48. The molecule has 19 unspecified atom stereocenters. The van der Waals surface area contributed by atoms with Crippen LogP contribution in [-0.4, -0.2) is 197 Å². The molecule has 3 heterocycles. The maximum Gasteiger partial charge on any atom is 0.335 e. The van der Waals surface area contributed by atoms with Gasteiger partial charge in [-0.3, -0.25) is 0 Å². The van der Waals surface area contributed by atoms with Crippen molar-refractivity contribution in [1.82, 2.24) is 5.32 Å². The molecule has 1 aromatic rings. The van der Waals surface area contributed by atoms with Crippen LogP contribution in [0.2, 0.25) is 0 Å². The predicted octanol–water partition coefficient (Wildman–Crippen LogP) is -5.36. The van der Waals surface area contributed by atoms with E-state index < -0.39 is 136 Å².